The Morgan fingerprint density at radius 3 is 2.25 bits per heavy atom. The number of hydrogen-bond acceptors (Lipinski definition) is 2. The van der Waals surface area contributed by atoms with Crippen molar-refractivity contribution in [1.29, 1.82) is 0 Å². The monoisotopic (exact) mass is 325 g/mol. The summed E-state index contributed by atoms with van der Waals surface area (Å²) in [6.45, 7) is 8.57. The highest BCUT2D eigenvalue weighted by Crippen LogP contribution is 2.10. The van der Waals surface area contributed by atoms with Gasteiger partial charge in [0.1, 0.15) is 5.75 Å². The second-order valence-corrected chi connectivity index (χ2v) is 6.03. The molecular weight excluding hydrogens is 298 g/mol. The molecule has 128 valence electrons. The minimum atomic E-state index is 0.279. The highest BCUT2D eigenvalue weighted by Gasteiger charge is 2.00. The van der Waals surface area contributed by atoms with Gasteiger partial charge in [-0.15, -0.1) is 0 Å². The van der Waals surface area contributed by atoms with E-state index in [-0.39, 0.29) is 5.75 Å². The van der Waals surface area contributed by atoms with Crippen LogP contribution >= 0.6 is 0 Å². The molecular formula is C20H27N3O. The van der Waals surface area contributed by atoms with E-state index in [4.69, 9.17) is 0 Å². The number of aromatic hydroxyl groups is 1. The first-order valence-corrected chi connectivity index (χ1v) is 8.44. The zero-order valence-electron chi connectivity index (χ0n) is 14.8. The standard InChI is InChI=1S/C20H27N3O/c1-4-21-20(23-14-17-5-7-19(24)8-6-17)22-10-9-18-12-15(2)11-16(3)13-18/h5-8,11-13,24H,4,9-10,14H2,1-3H3,(H2,21,22,23). The number of aliphatic imine (C=N–C) groups is 1. The van der Waals surface area contributed by atoms with Gasteiger partial charge in [-0.3, -0.25) is 0 Å². The number of nitrogens with zero attached hydrogens (tertiary/aromatic N) is 1. The van der Waals surface area contributed by atoms with Crippen molar-refractivity contribution in [3.8, 4) is 5.75 Å². The van der Waals surface area contributed by atoms with Crippen LogP contribution in [0.1, 0.15) is 29.2 Å². The Kier molecular flexibility index (Phi) is 6.67. The average Bonchev–Trinajstić information content (AvgIpc) is 2.53. The second-order valence-electron chi connectivity index (χ2n) is 6.03. The molecule has 0 radical (unpaired) electrons. The largest absolute Gasteiger partial charge is 0.508 e. The molecule has 0 unspecified atom stereocenters. The predicted octanol–water partition coefficient (Wildman–Crippen LogP) is 3.31. The molecule has 3 N–H and O–H groups in total. The summed E-state index contributed by atoms with van der Waals surface area (Å²) >= 11 is 0. The summed E-state index contributed by atoms with van der Waals surface area (Å²) in [5.41, 5.74) is 5.02. The molecule has 0 atom stereocenters. The van der Waals surface area contributed by atoms with Gasteiger partial charge in [-0.2, -0.15) is 0 Å². The first kappa shape index (κ1) is 17.9. The van der Waals surface area contributed by atoms with Crippen LogP contribution in [0.3, 0.4) is 0 Å². The maximum atomic E-state index is 9.32. The lowest BCUT2D eigenvalue weighted by Gasteiger charge is -2.12. The molecule has 0 amide bonds. The first-order chi connectivity index (χ1) is 11.6. The fourth-order valence-corrected chi connectivity index (χ4v) is 2.65. The summed E-state index contributed by atoms with van der Waals surface area (Å²) in [6.07, 6.45) is 0.964. The molecule has 0 spiro atoms. The van der Waals surface area contributed by atoms with Gasteiger partial charge in [0.15, 0.2) is 5.96 Å². The smallest absolute Gasteiger partial charge is 0.191 e. The number of aryl methyl sites for hydroxylation is 2. The predicted molar refractivity (Wildman–Crippen MR) is 101 cm³/mol. The van der Waals surface area contributed by atoms with E-state index in [1.165, 1.54) is 16.7 Å². The normalized spacial score (nSPS) is 11.4. The first-order valence-electron chi connectivity index (χ1n) is 8.44. The third-order valence-corrected chi connectivity index (χ3v) is 3.69. The highest BCUT2D eigenvalue weighted by atomic mass is 16.3. The fourth-order valence-electron chi connectivity index (χ4n) is 2.65. The fraction of sp³-hybridized carbons (Fsp3) is 0.350. The third kappa shape index (κ3) is 5.95. The van der Waals surface area contributed by atoms with Gasteiger partial charge in [0.05, 0.1) is 6.54 Å². The lowest BCUT2D eigenvalue weighted by atomic mass is 10.1. The molecule has 0 fully saturated rings. The molecule has 0 bridgehead atoms. The maximum Gasteiger partial charge on any atom is 0.191 e. The number of hydrogen-bond donors (Lipinski definition) is 3. The molecule has 0 aliphatic rings. The second kappa shape index (κ2) is 8.96. The summed E-state index contributed by atoms with van der Waals surface area (Å²) in [5, 5.41) is 16.0. The number of rotatable bonds is 6. The molecule has 0 aromatic heterocycles. The maximum absolute atomic E-state index is 9.32. The summed E-state index contributed by atoms with van der Waals surface area (Å²) in [5.74, 6) is 1.09. The van der Waals surface area contributed by atoms with Crippen molar-refractivity contribution in [2.24, 2.45) is 4.99 Å². The number of benzene rings is 2. The van der Waals surface area contributed by atoms with Crippen molar-refractivity contribution in [1.82, 2.24) is 10.6 Å². The molecule has 2 rings (SSSR count). The SMILES string of the molecule is CCNC(=NCc1ccc(O)cc1)NCCc1cc(C)cc(C)c1. The molecule has 2 aromatic rings. The Balaban J connectivity index is 1.90. The van der Waals surface area contributed by atoms with E-state index in [0.29, 0.717) is 6.54 Å². The van der Waals surface area contributed by atoms with Crippen molar-refractivity contribution in [3.63, 3.8) is 0 Å². The Hall–Kier alpha value is -2.49. The van der Waals surface area contributed by atoms with Gasteiger partial charge in [0.2, 0.25) is 0 Å². The zero-order valence-corrected chi connectivity index (χ0v) is 14.8. The van der Waals surface area contributed by atoms with E-state index in [9.17, 15) is 5.11 Å². The highest BCUT2D eigenvalue weighted by molar-refractivity contribution is 5.79. The Labute approximate surface area is 144 Å². The summed E-state index contributed by atoms with van der Waals surface area (Å²) < 4.78 is 0. The number of phenols is 1. The van der Waals surface area contributed by atoms with Gasteiger partial charge in [-0.25, -0.2) is 4.99 Å². The van der Waals surface area contributed by atoms with Crippen molar-refractivity contribution in [2.45, 2.75) is 33.7 Å². The third-order valence-electron chi connectivity index (χ3n) is 3.69. The van der Waals surface area contributed by atoms with E-state index < -0.39 is 0 Å². The Bertz CT molecular complexity index is 658. The summed E-state index contributed by atoms with van der Waals surface area (Å²) in [7, 11) is 0. The van der Waals surface area contributed by atoms with E-state index >= 15 is 0 Å². The molecule has 0 heterocycles. The van der Waals surface area contributed by atoms with Crippen LogP contribution in [0.15, 0.2) is 47.5 Å². The summed E-state index contributed by atoms with van der Waals surface area (Å²) in [4.78, 5) is 4.59. The van der Waals surface area contributed by atoms with Crippen LogP contribution in [0, 0.1) is 13.8 Å². The van der Waals surface area contributed by atoms with Crippen molar-refractivity contribution in [3.05, 3.63) is 64.7 Å². The molecule has 4 heteroatoms. The van der Waals surface area contributed by atoms with Gasteiger partial charge in [-0.05, 0) is 50.5 Å². The van der Waals surface area contributed by atoms with Crippen LogP contribution in [0.25, 0.3) is 0 Å². The molecule has 0 saturated carbocycles. The quantitative estimate of drug-likeness (QED) is 0.564. The minimum absolute atomic E-state index is 0.279. The van der Waals surface area contributed by atoms with Crippen molar-refractivity contribution < 1.29 is 5.11 Å². The van der Waals surface area contributed by atoms with E-state index in [1.54, 1.807) is 12.1 Å². The van der Waals surface area contributed by atoms with Crippen LogP contribution in [-0.4, -0.2) is 24.2 Å². The zero-order chi connectivity index (χ0) is 17.4. The van der Waals surface area contributed by atoms with Crippen LogP contribution in [0.4, 0.5) is 0 Å². The van der Waals surface area contributed by atoms with E-state index in [2.05, 4.69) is 54.6 Å². The van der Waals surface area contributed by atoms with Crippen LogP contribution in [0.2, 0.25) is 0 Å². The minimum Gasteiger partial charge on any atom is -0.508 e. The molecule has 0 aliphatic heterocycles. The summed E-state index contributed by atoms with van der Waals surface area (Å²) in [6, 6.07) is 13.8. The van der Waals surface area contributed by atoms with Crippen LogP contribution in [0.5, 0.6) is 5.75 Å². The number of phenolic OH excluding ortho intramolecular Hbond substituents is 1. The van der Waals surface area contributed by atoms with Gasteiger partial charge >= 0.3 is 0 Å². The lowest BCUT2D eigenvalue weighted by molar-refractivity contribution is 0.475. The molecule has 2 aromatic carbocycles. The molecule has 24 heavy (non-hydrogen) atoms. The molecule has 4 nitrogen and oxygen atoms in total. The van der Waals surface area contributed by atoms with E-state index in [0.717, 1.165) is 31.0 Å². The van der Waals surface area contributed by atoms with Gasteiger partial charge < -0.3 is 15.7 Å². The van der Waals surface area contributed by atoms with Crippen LogP contribution < -0.4 is 10.6 Å². The average molecular weight is 325 g/mol. The van der Waals surface area contributed by atoms with Crippen LogP contribution in [-0.2, 0) is 13.0 Å². The topological polar surface area (TPSA) is 56.7 Å². The van der Waals surface area contributed by atoms with Gasteiger partial charge in [-0.1, -0.05) is 41.5 Å². The Morgan fingerprint density at radius 2 is 1.62 bits per heavy atom. The lowest BCUT2D eigenvalue weighted by Crippen LogP contribution is -2.38. The number of guanidine groups is 1. The Morgan fingerprint density at radius 1 is 0.958 bits per heavy atom. The van der Waals surface area contributed by atoms with Crippen molar-refractivity contribution in [2.75, 3.05) is 13.1 Å². The molecule has 0 saturated heterocycles. The number of nitrogens with one attached hydrogen (secondary N) is 2. The van der Waals surface area contributed by atoms with E-state index in [1.807, 2.05) is 12.1 Å². The van der Waals surface area contributed by atoms with Gasteiger partial charge in [0.25, 0.3) is 0 Å². The molecule has 0 aliphatic carbocycles. The van der Waals surface area contributed by atoms with Gasteiger partial charge in [0, 0.05) is 13.1 Å². The van der Waals surface area contributed by atoms with Crippen molar-refractivity contribution >= 4 is 5.96 Å².